The second-order valence-corrected chi connectivity index (χ2v) is 15.8. The van der Waals surface area contributed by atoms with Crippen molar-refractivity contribution in [2.45, 2.75) is 0 Å². The fraction of sp³-hybridized carbons (Fsp3) is 0. The predicted molar refractivity (Wildman–Crippen MR) is 252 cm³/mol. The Morgan fingerprint density at radius 3 is 1.72 bits per heavy atom. The summed E-state index contributed by atoms with van der Waals surface area (Å²) in [5.74, 6) is 0.720. The molecule has 0 fully saturated rings. The van der Waals surface area contributed by atoms with Crippen LogP contribution in [-0.4, -0.2) is 19.1 Å². The van der Waals surface area contributed by atoms with Gasteiger partial charge in [-0.15, -0.1) is 0 Å². The Labute approximate surface area is 344 Å². The molecule has 13 aromatic rings. The number of hydrogen-bond acceptors (Lipinski definition) is 2. The summed E-state index contributed by atoms with van der Waals surface area (Å²) in [4.78, 5) is 10.5. The highest BCUT2D eigenvalue weighted by molar-refractivity contribution is 6.20. The van der Waals surface area contributed by atoms with Crippen LogP contribution >= 0.6 is 0 Å². The second kappa shape index (κ2) is 12.7. The number of para-hydroxylation sites is 2. The number of benzene rings is 10. The molecule has 0 aliphatic carbocycles. The van der Waals surface area contributed by atoms with Crippen molar-refractivity contribution in [1.29, 1.82) is 0 Å². The molecular weight excluding hydrogens is 729 g/mol. The summed E-state index contributed by atoms with van der Waals surface area (Å²) in [5, 5.41) is 13.1. The lowest BCUT2D eigenvalue weighted by Gasteiger charge is -2.14. The monoisotopic (exact) mass is 762 g/mol. The molecule has 10 aromatic carbocycles. The molecule has 0 radical (unpaired) electrons. The van der Waals surface area contributed by atoms with Gasteiger partial charge in [0.25, 0.3) is 0 Å². The first-order chi connectivity index (χ1) is 29.7. The second-order valence-electron chi connectivity index (χ2n) is 15.8. The van der Waals surface area contributed by atoms with E-state index in [9.17, 15) is 0 Å². The van der Waals surface area contributed by atoms with Crippen molar-refractivity contribution in [3.8, 4) is 34.0 Å². The van der Waals surface area contributed by atoms with Crippen LogP contribution in [0.25, 0.3) is 121 Å². The van der Waals surface area contributed by atoms with Gasteiger partial charge in [-0.25, -0.2) is 9.97 Å². The molecule has 3 aromatic heterocycles. The highest BCUT2D eigenvalue weighted by Gasteiger charge is 2.22. The van der Waals surface area contributed by atoms with Crippen molar-refractivity contribution in [3.63, 3.8) is 0 Å². The van der Waals surface area contributed by atoms with Crippen LogP contribution in [0.1, 0.15) is 0 Å². The SMILES string of the molecule is c1cc(-c2nc(-c3cccc4ccccc34)nc3ccccc23)cc(-n2c3cc4ccccc4cc3c3c(-n4c5ccccc5c5cc6ccccc6cc54)cccc32)c1. The molecule has 60 heavy (non-hydrogen) atoms. The fourth-order valence-electron chi connectivity index (χ4n) is 9.74. The normalized spacial score (nSPS) is 12.0. The molecule has 0 unspecified atom stereocenters. The van der Waals surface area contributed by atoms with Crippen LogP contribution in [0.5, 0.6) is 0 Å². The molecule has 0 saturated carbocycles. The first kappa shape index (κ1) is 32.9. The van der Waals surface area contributed by atoms with Crippen molar-refractivity contribution in [3.05, 3.63) is 206 Å². The summed E-state index contributed by atoms with van der Waals surface area (Å²) in [6, 6.07) is 74.5. The summed E-state index contributed by atoms with van der Waals surface area (Å²) >= 11 is 0. The molecule has 4 nitrogen and oxygen atoms in total. The van der Waals surface area contributed by atoms with Crippen LogP contribution in [0.2, 0.25) is 0 Å². The molecule has 0 saturated heterocycles. The molecule has 3 heterocycles. The molecule has 0 aliphatic heterocycles. The largest absolute Gasteiger partial charge is 0.309 e. The van der Waals surface area contributed by atoms with E-state index in [0.29, 0.717) is 0 Å². The summed E-state index contributed by atoms with van der Waals surface area (Å²) in [7, 11) is 0. The highest BCUT2D eigenvalue weighted by Crippen LogP contribution is 2.43. The number of nitrogens with zero attached hydrogens (tertiary/aromatic N) is 4. The molecular formula is C56H34N4. The minimum atomic E-state index is 0.720. The molecule has 4 heteroatoms. The highest BCUT2D eigenvalue weighted by atomic mass is 15.0. The first-order valence-corrected chi connectivity index (χ1v) is 20.5. The Morgan fingerprint density at radius 1 is 0.333 bits per heavy atom. The lowest BCUT2D eigenvalue weighted by atomic mass is 10.0. The third-order valence-electron chi connectivity index (χ3n) is 12.4. The van der Waals surface area contributed by atoms with Crippen LogP contribution in [-0.2, 0) is 0 Å². The molecule has 0 amide bonds. The van der Waals surface area contributed by atoms with E-state index < -0.39 is 0 Å². The lowest BCUT2D eigenvalue weighted by Crippen LogP contribution is -1.98. The maximum Gasteiger partial charge on any atom is 0.161 e. The molecule has 278 valence electrons. The zero-order valence-corrected chi connectivity index (χ0v) is 32.4. The van der Waals surface area contributed by atoms with Crippen molar-refractivity contribution in [1.82, 2.24) is 19.1 Å². The molecule has 0 N–H and O–H groups in total. The van der Waals surface area contributed by atoms with E-state index >= 15 is 0 Å². The maximum atomic E-state index is 5.38. The number of rotatable bonds is 4. The average molecular weight is 763 g/mol. The lowest BCUT2D eigenvalue weighted by molar-refractivity contribution is 1.17. The molecule has 0 atom stereocenters. The van der Waals surface area contributed by atoms with Crippen LogP contribution in [0, 0.1) is 0 Å². The van der Waals surface area contributed by atoms with Crippen molar-refractivity contribution in [2.24, 2.45) is 0 Å². The number of fused-ring (bicyclic) bond motifs is 10. The fourth-order valence-corrected chi connectivity index (χ4v) is 9.74. The predicted octanol–water partition coefficient (Wildman–Crippen LogP) is 14.6. The summed E-state index contributed by atoms with van der Waals surface area (Å²) < 4.78 is 4.93. The third kappa shape index (κ3) is 4.85. The Hall–Kier alpha value is -8.08. The van der Waals surface area contributed by atoms with Gasteiger partial charge >= 0.3 is 0 Å². The Kier molecular flexibility index (Phi) is 6.98. The minimum absolute atomic E-state index is 0.720. The van der Waals surface area contributed by atoms with Gasteiger partial charge in [0.2, 0.25) is 0 Å². The van der Waals surface area contributed by atoms with E-state index in [-0.39, 0.29) is 0 Å². The van der Waals surface area contributed by atoms with Crippen molar-refractivity contribution in [2.75, 3.05) is 0 Å². The first-order valence-electron chi connectivity index (χ1n) is 20.5. The maximum absolute atomic E-state index is 5.38. The van der Waals surface area contributed by atoms with Gasteiger partial charge in [0.15, 0.2) is 5.82 Å². The van der Waals surface area contributed by atoms with Gasteiger partial charge in [-0.2, -0.15) is 0 Å². The van der Waals surface area contributed by atoms with E-state index in [2.05, 4.69) is 215 Å². The van der Waals surface area contributed by atoms with Crippen molar-refractivity contribution >= 4 is 86.8 Å². The molecule has 0 aliphatic rings. The van der Waals surface area contributed by atoms with Crippen LogP contribution in [0.3, 0.4) is 0 Å². The van der Waals surface area contributed by atoms with Gasteiger partial charge in [-0.1, -0.05) is 146 Å². The van der Waals surface area contributed by atoms with Gasteiger partial charge in [0, 0.05) is 43.7 Å². The van der Waals surface area contributed by atoms with E-state index in [0.717, 1.165) is 61.3 Å². The minimum Gasteiger partial charge on any atom is -0.309 e. The molecule has 0 spiro atoms. The average Bonchev–Trinajstić information content (AvgIpc) is 3.81. The third-order valence-corrected chi connectivity index (χ3v) is 12.4. The van der Waals surface area contributed by atoms with Crippen molar-refractivity contribution < 1.29 is 0 Å². The Balaban J connectivity index is 1.09. The summed E-state index contributed by atoms with van der Waals surface area (Å²) in [5.41, 5.74) is 10.8. The number of hydrogen-bond donors (Lipinski definition) is 0. The topological polar surface area (TPSA) is 35.6 Å². The summed E-state index contributed by atoms with van der Waals surface area (Å²) in [6.07, 6.45) is 0. The van der Waals surface area contributed by atoms with Gasteiger partial charge < -0.3 is 9.13 Å². The standard InChI is InChI=1S/C56H34N4/c1-3-17-38-33-52-46(31-36(38)15-1)43-23-8-10-27-49(43)60(52)51-29-13-28-50-54(51)47-32-37-16-2-4-18-39(37)34-53(47)59(50)41-21-11-20-40(30-41)55-45-24-7-9-26-48(45)57-56(58-55)44-25-12-19-35-14-5-6-22-42(35)44/h1-34H. The van der Waals surface area contributed by atoms with Crippen LogP contribution in [0.4, 0.5) is 0 Å². The van der Waals surface area contributed by atoms with E-state index in [4.69, 9.17) is 9.97 Å². The zero-order valence-electron chi connectivity index (χ0n) is 32.4. The summed E-state index contributed by atoms with van der Waals surface area (Å²) in [6.45, 7) is 0. The Morgan fingerprint density at radius 2 is 0.917 bits per heavy atom. The van der Waals surface area contributed by atoms with E-state index in [1.165, 1.54) is 59.5 Å². The van der Waals surface area contributed by atoms with Crippen LogP contribution < -0.4 is 0 Å². The Bertz CT molecular complexity index is 3900. The van der Waals surface area contributed by atoms with Crippen LogP contribution in [0.15, 0.2) is 206 Å². The smallest absolute Gasteiger partial charge is 0.161 e. The van der Waals surface area contributed by atoms with Gasteiger partial charge in [-0.3, -0.25) is 0 Å². The zero-order chi connectivity index (χ0) is 39.3. The molecule has 0 bridgehead atoms. The van der Waals surface area contributed by atoms with E-state index in [1.54, 1.807) is 0 Å². The number of aromatic nitrogens is 4. The van der Waals surface area contributed by atoms with Gasteiger partial charge in [0.05, 0.1) is 39.0 Å². The molecule has 13 rings (SSSR count). The van der Waals surface area contributed by atoms with Gasteiger partial charge in [0.1, 0.15) is 0 Å². The van der Waals surface area contributed by atoms with E-state index in [1.807, 2.05) is 0 Å². The quantitative estimate of drug-likeness (QED) is 0.179. The van der Waals surface area contributed by atoms with Gasteiger partial charge in [-0.05, 0) is 93.0 Å².